The normalized spacial score (nSPS) is 19.7. The zero-order valence-corrected chi connectivity index (χ0v) is 22.6. The molecule has 0 saturated heterocycles. The van der Waals surface area contributed by atoms with Gasteiger partial charge in [-0.05, 0) is 84.4 Å². The maximum Gasteiger partial charge on any atom is 0.323 e. The minimum Gasteiger partial charge on any atom is -0.459 e. The highest BCUT2D eigenvalue weighted by Crippen LogP contribution is 2.30. The van der Waals surface area contributed by atoms with E-state index in [0.29, 0.717) is 18.4 Å². The summed E-state index contributed by atoms with van der Waals surface area (Å²) >= 11 is 0. The minimum absolute atomic E-state index is 0.162. The van der Waals surface area contributed by atoms with E-state index in [1.54, 1.807) is 0 Å². The van der Waals surface area contributed by atoms with Gasteiger partial charge in [0.1, 0.15) is 23.1 Å². The fourth-order valence-electron chi connectivity index (χ4n) is 4.71. The van der Waals surface area contributed by atoms with Crippen LogP contribution < -0.4 is 5.32 Å². The quantitative estimate of drug-likeness (QED) is 0.395. The maximum atomic E-state index is 12.6. The predicted octanol–water partition coefficient (Wildman–Crippen LogP) is 6.38. The second kappa shape index (κ2) is 12.2. The lowest BCUT2D eigenvalue weighted by molar-refractivity contribution is -0.158. The van der Waals surface area contributed by atoms with Crippen molar-refractivity contribution in [2.75, 3.05) is 6.54 Å². The molecule has 0 aliphatic heterocycles. The van der Waals surface area contributed by atoms with Crippen LogP contribution >= 0.6 is 0 Å². The Kier molecular flexibility index (Phi) is 9.54. The number of nitrogens with one attached hydrogen (secondary N) is 1. The summed E-state index contributed by atoms with van der Waals surface area (Å²) in [5.74, 6) is 2.09. The van der Waals surface area contributed by atoms with E-state index in [4.69, 9.17) is 18.9 Å². The summed E-state index contributed by atoms with van der Waals surface area (Å²) in [5, 5.41) is 3.45. The molecule has 194 valence electrons. The summed E-state index contributed by atoms with van der Waals surface area (Å²) in [5.41, 5.74) is 2.59. The van der Waals surface area contributed by atoms with E-state index in [9.17, 15) is 4.79 Å². The van der Waals surface area contributed by atoms with E-state index in [0.717, 1.165) is 42.8 Å². The number of aryl methyl sites for hydroxylation is 2. The molecule has 6 heteroatoms. The Labute approximate surface area is 211 Å². The SMILES string of the molecule is Cc1cccc(-c2nc(COC3CCCC(CCNC(C(=O)OC(C)(C)C)C(C)C)C3)c(C)o2)c1. The Hall–Kier alpha value is -2.18. The summed E-state index contributed by atoms with van der Waals surface area (Å²) < 4.78 is 17.8. The highest BCUT2D eigenvalue weighted by Gasteiger charge is 2.28. The van der Waals surface area contributed by atoms with Crippen LogP contribution in [0, 0.1) is 25.7 Å². The molecule has 0 radical (unpaired) electrons. The number of carbonyl (C=O) groups is 1. The van der Waals surface area contributed by atoms with Crippen LogP contribution in [-0.2, 0) is 20.9 Å². The summed E-state index contributed by atoms with van der Waals surface area (Å²) in [6, 6.07) is 7.92. The third-order valence-corrected chi connectivity index (χ3v) is 6.59. The molecule has 1 aromatic heterocycles. The molecular formula is C29H44N2O4. The van der Waals surface area contributed by atoms with Gasteiger partial charge in [-0.25, -0.2) is 4.98 Å². The molecule has 1 aliphatic rings. The van der Waals surface area contributed by atoms with Gasteiger partial charge in [0.05, 0.1) is 12.7 Å². The van der Waals surface area contributed by atoms with Crippen LogP contribution in [-0.4, -0.2) is 35.2 Å². The topological polar surface area (TPSA) is 73.6 Å². The van der Waals surface area contributed by atoms with E-state index in [-0.39, 0.29) is 24.0 Å². The van der Waals surface area contributed by atoms with Crippen molar-refractivity contribution >= 4 is 5.97 Å². The smallest absolute Gasteiger partial charge is 0.323 e. The van der Waals surface area contributed by atoms with Gasteiger partial charge in [-0.3, -0.25) is 4.79 Å². The highest BCUT2D eigenvalue weighted by molar-refractivity contribution is 5.76. The van der Waals surface area contributed by atoms with Gasteiger partial charge in [0.15, 0.2) is 0 Å². The van der Waals surface area contributed by atoms with Gasteiger partial charge >= 0.3 is 5.97 Å². The summed E-state index contributed by atoms with van der Waals surface area (Å²) in [6.07, 6.45) is 5.77. The van der Waals surface area contributed by atoms with Crippen molar-refractivity contribution in [3.05, 3.63) is 41.3 Å². The maximum absolute atomic E-state index is 12.6. The number of carbonyl (C=O) groups excluding carboxylic acids is 1. The highest BCUT2D eigenvalue weighted by atomic mass is 16.6. The third kappa shape index (κ3) is 8.46. The Balaban J connectivity index is 1.47. The van der Waals surface area contributed by atoms with E-state index < -0.39 is 5.60 Å². The Bertz CT molecular complexity index is 960. The first-order valence-corrected chi connectivity index (χ1v) is 13.1. The van der Waals surface area contributed by atoms with Gasteiger partial charge in [0.2, 0.25) is 5.89 Å². The Morgan fingerprint density at radius 1 is 1.23 bits per heavy atom. The fourth-order valence-corrected chi connectivity index (χ4v) is 4.71. The van der Waals surface area contributed by atoms with Crippen LogP contribution in [0.15, 0.2) is 28.7 Å². The van der Waals surface area contributed by atoms with Crippen molar-refractivity contribution in [1.29, 1.82) is 0 Å². The first-order chi connectivity index (χ1) is 16.5. The number of hydrogen-bond donors (Lipinski definition) is 1. The van der Waals surface area contributed by atoms with Crippen LogP contribution in [0.3, 0.4) is 0 Å². The van der Waals surface area contributed by atoms with Gasteiger partial charge in [-0.1, -0.05) is 44.4 Å². The van der Waals surface area contributed by atoms with E-state index in [1.807, 2.05) is 39.8 Å². The molecule has 6 nitrogen and oxygen atoms in total. The number of ether oxygens (including phenoxy) is 2. The van der Waals surface area contributed by atoms with Crippen molar-refractivity contribution in [3.8, 4) is 11.5 Å². The lowest BCUT2D eigenvalue weighted by Crippen LogP contribution is -2.45. The van der Waals surface area contributed by atoms with Gasteiger partial charge in [-0.2, -0.15) is 0 Å². The molecule has 1 saturated carbocycles. The molecule has 1 N–H and O–H groups in total. The van der Waals surface area contributed by atoms with Crippen molar-refractivity contribution in [3.63, 3.8) is 0 Å². The molecule has 1 aliphatic carbocycles. The molecule has 1 fully saturated rings. The molecule has 0 spiro atoms. The molecule has 0 bridgehead atoms. The van der Waals surface area contributed by atoms with Crippen LogP contribution in [0.2, 0.25) is 0 Å². The second-order valence-corrected chi connectivity index (χ2v) is 11.4. The lowest BCUT2D eigenvalue weighted by Gasteiger charge is -2.30. The van der Waals surface area contributed by atoms with Crippen molar-refractivity contribution < 1.29 is 18.7 Å². The van der Waals surface area contributed by atoms with E-state index >= 15 is 0 Å². The van der Waals surface area contributed by atoms with Gasteiger partial charge in [0.25, 0.3) is 0 Å². The number of oxazole rings is 1. The predicted molar refractivity (Wildman–Crippen MR) is 139 cm³/mol. The van der Waals surface area contributed by atoms with Crippen molar-refractivity contribution in [1.82, 2.24) is 10.3 Å². The molecular weight excluding hydrogens is 440 g/mol. The monoisotopic (exact) mass is 484 g/mol. The fraction of sp³-hybridized carbons (Fsp3) is 0.655. The number of aromatic nitrogens is 1. The zero-order valence-electron chi connectivity index (χ0n) is 22.6. The van der Waals surface area contributed by atoms with Crippen molar-refractivity contribution in [2.24, 2.45) is 11.8 Å². The average Bonchev–Trinajstić information content (AvgIpc) is 3.14. The zero-order chi connectivity index (χ0) is 25.6. The van der Waals surface area contributed by atoms with E-state index in [1.165, 1.54) is 18.4 Å². The molecule has 2 aromatic rings. The molecule has 1 heterocycles. The number of benzene rings is 1. The van der Waals surface area contributed by atoms with Gasteiger partial charge in [0, 0.05) is 5.56 Å². The average molecular weight is 485 g/mol. The Morgan fingerprint density at radius 2 is 2.00 bits per heavy atom. The molecule has 35 heavy (non-hydrogen) atoms. The molecule has 3 unspecified atom stereocenters. The molecule has 3 atom stereocenters. The standard InChI is InChI=1S/C29H44N2O4/c1-19(2)26(28(32)35-29(5,6)7)30-15-14-22-11-9-13-24(17-22)33-18-25-21(4)34-27(31-25)23-12-8-10-20(3)16-23/h8,10,12,16,19,22,24,26,30H,9,11,13-15,17-18H2,1-7H3. The number of esters is 1. The van der Waals surface area contributed by atoms with Crippen LogP contribution in [0.5, 0.6) is 0 Å². The number of rotatable bonds is 10. The summed E-state index contributed by atoms with van der Waals surface area (Å²) in [6.45, 7) is 15.2. The second-order valence-electron chi connectivity index (χ2n) is 11.4. The molecule has 1 aromatic carbocycles. The van der Waals surface area contributed by atoms with Crippen LogP contribution in [0.1, 0.15) is 83.7 Å². The number of nitrogens with zero attached hydrogens (tertiary/aromatic N) is 1. The number of hydrogen-bond acceptors (Lipinski definition) is 6. The van der Waals surface area contributed by atoms with Crippen LogP contribution in [0.4, 0.5) is 0 Å². The molecule has 0 amide bonds. The van der Waals surface area contributed by atoms with Gasteiger partial charge < -0.3 is 19.2 Å². The third-order valence-electron chi connectivity index (χ3n) is 6.59. The van der Waals surface area contributed by atoms with Crippen molar-refractivity contribution in [2.45, 2.75) is 105 Å². The lowest BCUT2D eigenvalue weighted by atomic mass is 9.85. The molecule has 3 rings (SSSR count). The van der Waals surface area contributed by atoms with Gasteiger partial charge in [-0.15, -0.1) is 0 Å². The first-order valence-electron chi connectivity index (χ1n) is 13.1. The largest absolute Gasteiger partial charge is 0.459 e. The Morgan fingerprint density at radius 3 is 2.69 bits per heavy atom. The van der Waals surface area contributed by atoms with E-state index in [2.05, 4.69) is 38.2 Å². The first kappa shape index (κ1) is 27.4. The summed E-state index contributed by atoms with van der Waals surface area (Å²) in [4.78, 5) is 17.3. The van der Waals surface area contributed by atoms with Crippen LogP contribution in [0.25, 0.3) is 11.5 Å². The minimum atomic E-state index is -0.469. The summed E-state index contributed by atoms with van der Waals surface area (Å²) in [7, 11) is 0.